The highest BCUT2D eigenvalue weighted by atomic mass is 16.5. The number of amides is 1. The molecule has 0 aliphatic heterocycles. The van der Waals surface area contributed by atoms with E-state index < -0.39 is 0 Å². The van der Waals surface area contributed by atoms with Gasteiger partial charge in [-0.25, -0.2) is 0 Å². The summed E-state index contributed by atoms with van der Waals surface area (Å²) in [4.78, 5) is 14.5. The van der Waals surface area contributed by atoms with Crippen LogP contribution in [0.2, 0.25) is 0 Å². The molecular weight excluding hydrogens is 252 g/mol. The molecule has 4 heteroatoms. The summed E-state index contributed by atoms with van der Waals surface area (Å²) in [6.07, 6.45) is 5.09. The summed E-state index contributed by atoms with van der Waals surface area (Å²) in [6.45, 7) is 2.83. The number of para-hydroxylation sites is 1. The van der Waals surface area contributed by atoms with Gasteiger partial charge in [0, 0.05) is 18.0 Å². The highest BCUT2D eigenvalue weighted by molar-refractivity contribution is 5.86. The number of carbonyl (C=O) groups excluding carboxylic acids is 1. The summed E-state index contributed by atoms with van der Waals surface area (Å²) in [5.41, 5.74) is 1.50. The number of fused-ring (bicyclic) bond motifs is 1. The maximum Gasteiger partial charge on any atom is 0.228 e. The number of rotatable bonds is 4. The molecule has 2 aromatic rings. The zero-order valence-electron chi connectivity index (χ0n) is 11.8. The third kappa shape index (κ3) is 2.42. The van der Waals surface area contributed by atoms with E-state index in [1.165, 1.54) is 12.8 Å². The molecule has 1 amide bonds. The van der Waals surface area contributed by atoms with Crippen molar-refractivity contribution in [3.8, 4) is 0 Å². The first-order chi connectivity index (χ1) is 9.79. The average Bonchev–Trinajstić information content (AvgIpc) is 3.10. The van der Waals surface area contributed by atoms with Gasteiger partial charge in [-0.2, -0.15) is 0 Å². The minimum atomic E-state index is 0.165. The van der Waals surface area contributed by atoms with Crippen LogP contribution in [0.4, 0.5) is 0 Å². The highest BCUT2D eigenvalue weighted by Crippen LogP contribution is 2.25. The molecule has 1 heterocycles. The van der Waals surface area contributed by atoms with Gasteiger partial charge in [-0.15, -0.1) is 0 Å². The molecule has 1 saturated carbocycles. The molecule has 0 saturated heterocycles. The van der Waals surface area contributed by atoms with E-state index in [1.54, 1.807) is 0 Å². The number of likely N-dealkylation sites (N-methyl/N-ethyl adjacent to an activating group) is 1. The second-order valence-corrected chi connectivity index (χ2v) is 5.42. The molecule has 0 atom stereocenters. The molecule has 1 aromatic carbocycles. The largest absolute Gasteiger partial charge is 0.356 e. The minimum absolute atomic E-state index is 0.165. The Bertz CT molecular complexity index is 599. The number of hydrogen-bond acceptors (Lipinski definition) is 3. The molecule has 1 aliphatic carbocycles. The van der Waals surface area contributed by atoms with Crippen molar-refractivity contribution in [3.05, 3.63) is 30.0 Å². The zero-order valence-corrected chi connectivity index (χ0v) is 11.8. The number of carbonyl (C=O) groups is 1. The predicted octanol–water partition coefficient (Wildman–Crippen LogP) is 3.16. The third-order valence-corrected chi connectivity index (χ3v) is 4.20. The topological polar surface area (TPSA) is 46.3 Å². The lowest BCUT2D eigenvalue weighted by molar-refractivity contribution is -0.132. The summed E-state index contributed by atoms with van der Waals surface area (Å²) in [5.74, 6) is 0.165. The van der Waals surface area contributed by atoms with E-state index >= 15 is 0 Å². The molecular formula is C16H20N2O2. The quantitative estimate of drug-likeness (QED) is 0.859. The Morgan fingerprint density at radius 3 is 2.85 bits per heavy atom. The highest BCUT2D eigenvalue weighted by Gasteiger charge is 2.26. The molecule has 1 aliphatic rings. The van der Waals surface area contributed by atoms with Crippen LogP contribution in [0.1, 0.15) is 38.3 Å². The van der Waals surface area contributed by atoms with Gasteiger partial charge in [-0.1, -0.05) is 30.1 Å². The Kier molecular flexibility index (Phi) is 3.72. The van der Waals surface area contributed by atoms with Gasteiger partial charge in [0.25, 0.3) is 0 Å². The van der Waals surface area contributed by atoms with Crippen LogP contribution >= 0.6 is 0 Å². The molecule has 1 aromatic heterocycles. The van der Waals surface area contributed by atoms with E-state index in [4.69, 9.17) is 4.52 Å². The van der Waals surface area contributed by atoms with Gasteiger partial charge >= 0.3 is 0 Å². The summed E-state index contributed by atoms with van der Waals surface area (Å²) in [6, 6.07) is 8.12. The Hall–Kier alpha value is -1.84. The molecule has 0 radical (unpaired) electrons. The van der Waals surface area contributed by atoms with Crippen molar-refractivity contribution >= 4 is 16.9 Å². The zero-order chi connectivity index (χ0) is 13.9. The smallest absolute Gasteiger partial charge is 0.228 e. The van der Waals surface area contributed by atoms with E-state index in [9.17, 15) is 4.79 Å². The monoisotopic (exact) mass is 272 g/mol. The van der Waals surface area contributed by atoms with Gasteiger partial charge < -0.3 is 9.42 Å². The van der Waals surface area contributed by atoms with Gasteiger partial charge in [0.15, 0.2) is 5.58 Å². The van der Waals surface area contributed by atoms with Crippen molar-refractivity contribution in [3.63, 3.8) is 0 Å². The number of hydrogen-bond donors (Lipinski definition) is 0. The van der Waals surface area contributed by atoms with E-state index in [1.807, 2.05) is 29.2 Å². The van der Waals surface area contributed by atoms with Crippen LogP contribution in [0.25, 0.3) is 11.0 Å². The maximum atomic E-state index is 12.5. The second kappa shape index (κ2) is 5.65. The molecule has 20 heavy (non-hydrogen) atoms. The van der Waals surface area contributed by atoms with Crippen LogP contribution in [0.15, 0.2) is 28.8 Å². The number of aromatic nitrogens is 1. The van der Waals surface area contributed by atoms with Gasteiger partial charge in [-0.3, -0.25) is 4.79 Å². The SMILES string of the molecule is CCN(C(=O)Cc1noc2ccccc12)C1CCCC1. The fourth-order valence-electron chi connectivity index (χ4n) is 3.16. The van der Waals surface area contributed by atoms with Crippen LogP contribution in [-0.4, -0.2) is 28.6 Å². The van der Waals surface area contributed by atoms with Crippen LogP contribution in [0, 0.1) is 0 Å². The molecule has 106 valence electrons. The molecule has 0 N–H and O–H groups in total. The van der Waals surface area contributed by atoms with Crippen LogP contribution in [-0.2, 0) is 11.2 Å². The Balaban J connectivity index is 1.77. The molecule has 4 nitrogen and oxygen atoms in total. The predicted molar refractivity (Wildman–Crippen MR) is 77.4 cm³/mol. The van der Waals surface area contributed by atoms with Crippen molar-refractivity contribution in [2.45, 2.75) is 45.1 Å². The van der Waals surface area contributed by atoms with Gasteiger partial charge in [0.1, 0.15) is 5.69 Å². The fourth-order valence-corrected chi connectivity index (χ4v) is 3.16. The average molecular weight is 272 g/mol. The molecule has 1 fully saturated rings. The Morgan fingerprint density at radius 1 is 1.35 bits per heavy atom. The van der Waals surface area contributed by atoms with E-state index in [2.05, 4.69) is 12.1 Å². The lowest BCUT2D eigenvalue weighted by atomic mass is 10.1. The first kappa shape index (κ1) is 13.2. The molecule has 0 unspecified atom stereocenters. The van der Waals surface area contributed by atoms with Crippen LogP contribution in [0.3, 0.4) is 0 Å². The second-order valence-electron chi connectivity index (χ2n) is 5.42. The van der Waals surface area contributed by atoms with Crippen molar-refractivity contribution in [2.24, 2.45) is 0 Å². The summed E-state index contributed by atoms with van der Waals surface area (Å²) in [5, 5.41) is 5.00. The summed E-state index contributed by atoms with van der Waals surface area (Å²) < 4.78 is 5.27. The lowest BCUT2D eigenvalue weighted by Crippen LogP contribution is -2.39. The van der Waals surface area contributed by atoms with E-state index in [0.29, 0.717) is 12.5 Å². The number of benzene rings is 1. The third-order valence-electron chi connectivity index (χ3n) is 4.20. The normalized spacial score (nSPS) is 15.8. The van der Waals surface area contributed by atoms with Crippen LogP contribution < -0.4 is 0 Å². The van der Waals surface area contributed by atoms with Gasteiger partial charge in [-0.05, 0) is 31.9 Å². The fraction of sp³-hybridized carbons (Fsp3) is 0.500. The van der Waals surface area contributed by atoms with Gasteiger partial charge in [0.05, 0.1) is 6.42 Å². The summed E-state index contributed by atoms with van der Waals surface area (Å²) in [7, 11) is 0. The Labute approximate surface area is 118 Å². The van der Waals surface area contributed by atoms with Crippen molar-refractivity contribution in [1.82, 2.24) is 10.1 Å². The van der Waals surface area contributed by atoms with Crippen molar-refractivity contribution < 1.29 is 9.32 Å². The molecule has 3 rings (SSSR count). The minimum Gasteiger partial charge on any atom is -0.356 e. The lowest BCUT2D eigenvalue weighted by Gasteiger charge is -2.27. The first-order valence-corrected chi connectivity index (χ1v) is 7.42. The van der Waals surface area contributed by atoms with Gasteiger partial charge in [0.2, 0.25) is 5.91 Å². The first-order valence-electron chi connectivity index (χ1n) is 7.42. The number of nitrogens with zero attached hydrogens (tertiary/aromatic N) is 2. The summed E-state index contributed by atoms with van der Waals surface area (Å²) >= 11 is 0. The molecule has 0 bridgehead atoms. The van der Waals surface area contributed by atoms with Crippen molar-refractivity contribution in [2.75, 3.05) is 6.54 Å². The van der Waals surface area contributed by atoms with Crippen molar-refractivity contribution in [1.29, 1.82) is 0 Å². The van der Waals surface area contributed by atoms with E-state index in [-0.39, 0.29) is 5.91 Å². The van der Waals surface area contributed by atoms with Crippen LogP contribution in [0.5, 0.6) is 0 Å². The Morgan fingerprint density at radius 2 is 2.10 bits per heavy atom. The maximum absolute atomic E-state index is 12.5. The molecule has 0 spiro atoms. The standard InChI is InChI=1S/C16H20N2O2/c1-2-18(12-7-3-4-8-12)16(19)11-14-13-9-5-6-10-15(13)20-17-14/h5-6,9-10,12H,2-4,7-8,11H2,1H3. The van der Waals surface area contributed by atoms with E-state index in [0.717, 1.165) is 36.0 Å².